The van der Waals surface area contributed by atoms with Gasteiger partial charge in [0.1, 0.15) is 5.75 Å². The summed E-state index contributed by atoms with van der Waals surface area (Å²) in [7, 11) is 5.67. The average Bonchev–Trinajstić information content (AvgIpc) is 2.58. The SMILES string of the molecule is COc1c(C)cccc1C(=O)N[C@H](CCN(C)C)c1ccccc1. The molecule has 2 rings (SSSR count). The zero-order valence-corrected chi connectivity index (χ0v) is 14.9. The normalized spacial score (nSPS) is 12.0. The lowest BCUT2D eigenvalue weighted by atomic mass is 10.0. The number of nitrogens with one attached hydrogen (secondary N) is 1. The van der Waals surface area contributed by atoms with Gasteiger partial charge in [0.15, 0.2) is 0 Å². The summed E-state index contributed by atoms with van der Waals surface area (Å²) >= 11 is 0. The number of aryl methyl sites for hydroxylation is 1. The molecule has 0 radical (unpaired) electrons. The van der Waals surface area contributed by atoms with Crippen molar-refractivity contribution < 1.29 is 9.53 Å². The number of benzene rings is 2. The topological polar surface area (TPSA) is 41.6 Å². The van der Waals surface area contributed by atoms with E-state index in [9.17, 15) is 4.79 Å². The molecule has 1 N–H and O–H groups in total. The molecular weight excluding hydrogens is 300 g/mol. The third kappa shape index (κ3) is 4.59. The van der Waals surface area contributed by atoms with Crippen molar-refractivity contribution in [3.8, 4) is 5.75 Å². The van der Waals surface area contributed by atoms with E-state index in [0.29, 0.717) is 11.3 Å². The lowest BCUT2D eigenvalue weighted by molar-refractivity contribution is 0.0929. The second kappa shape index (κ2) is 8.50. The molecular formula is C20H26N2O2. The van der Waals surface area contributed by atoms with Crippen LogP contribution in [0.3, 0.4) is 0 Å². The van der Waals surface area contributed by atoms with Gasteiger partial charge in [-0.15, -0.1) is 0 Å². The average molecular weight is 326 g/mol. The smallest absolute Gasteiger partial charge is 0.255 e. The predicted molar refractivity (Wildman–Crippen MR) is 97.6 cm³/mol. The first kappa shape index (κ1) is 18.0. The number of nitrogens with zero attached hydrogens (tertiary/aromatic N) is 1. The number of para-hydroxylation sites is 1. The van der Waals surface area contributed by atoms with Crippen LogP contribution in [0.4, 0.5) is 0 Å². The van der Waals surface area contributed by atoms with Crippen LogP contribution in [0, 0.1) is 6.92 Å². The molecule has 0 saturated carbocycles. The van der Waals surface area contributed by atoms with E-state index in [2.05, 4.69) is 10.2 Å². The second-order valence-corrected chi connectivity index (χ2v) is 6.18. The van der Waals surface area contributed by atoms with Crippen molar-refractivity contribution in [2.45, 2.75) is 19.4 Å². The summed E-state index contributed by atoms with van der Waals surface area (Å²) in [6, 6.07) is 15.7. The summed E-state index contributed by atoms with van der Waals surface area (Å²) in [6.07, 6.45) is 0.844. The number of rotatable bonds is 7. The molecule has 24 heavy (non-hydrogen) atoms. The summed E-state index contributed by atoms with van der Waals surface area (Å²) < 4.78 is 5.41. The van der Waals surface area contributed by atoms with Gasteiger partial charge in [-0.25, -0.2) is 0 Å². The fourth-order valence-corrected chi connectivity index (χ4v) is 2.73. The van der Waals surface area contributed by atoms with Crippen molar-refractivity contribution in [2.75, 3.05) is 27.7 Å². The van der Waals surface area contributed by atoms with E-state index < -0.39 is 0 Å². The maximum atomic E-state index is 12.8. The van der Waals surface area contributed by atoms with Gasteiger partial charge < -0.3 is 15.0 Å². The second-order valence-electron chi connectivity index (χ2n) is 6.18. The molecule has 0 aliphatic carbocycles. The van der Waals surface area contributed by atoms with Crippen molar-refractivity contribution in [1.82, 2.24) is 10.2 Å². The van der Waals surface area contributed by atoms with Gasteiger partial charge in [0.25, 0.3) is 5.91 Å². The van der Waals surface area contributed by atoms with Gasteiger partial charge in [-0.1, -0.05) is 42.5 Å². The van der Waals surface area contributed by atoms with Crippen LogP contribution in [0.2, 0.25) is 0 Å². The standard InChI is InChI=1S/C20H26N2O2/c1-15-9-8-12-17(19(15)24-4)20(23)21-18(13-14-22(2)3)16-10-6-5-7-11-16/h5-12,18H,13-14H2,1-4H3,(H,21,23)/t18-/m1/s1. The van der Waals surface area contributed by atoms with Gasteiger partial charge in [-0.3, -0.25) is 4.79 Å². The Morgan fingerprint density at radius 3 is 2.46 bits per heavy atom. The Balaban J connectivity index is 2.23. The summed E-state index contributed by atoms with van der Waals surface area (Å²) in [5.74, 6) is 0.526. The van der Waals surface area contributed by atoms with Crippen LogP contribution in [0.5, 0.6) is 5.75 Å². The zero-order valence-electron chi connectivity index (χ0n) is 14.9. The fourth-order valence-electron chi connectivity index (χ4n) is 2.73. The molecule has 4 nitrogen and oxygen atoms in total. The van der Waals surface area contributed by atoms with Gasteiger partial charge in [0, 0.05) is 0 Å². The Morgan fingerprint density at radius 2 is 1.83 bits per heavy atom. The van der Waals surface area contributed by atoms with Crippen LogP contribution in [0.25, 0.3) is 0 Å². The third-order valence-corrected chi connectivity index (χ3v) is 4.03. The summed E-state index contributed by atoms with van der Waals surface area (Å²) in [6.45, 7) is 2.83. The van der Waals surface area contributed by atoms with Crippen molar-refractivity contribution in [3.05, 3.63) is 65.2 Å². The number of carbonyl (C=O) groups excluding carboxylic acids is 1. The van der Waals surface area contributed by atoms with Gasteiger partial charge in [-0.2, -0.15) is 0 Å². The van der Waals surface area contributed by atoms with E-state index in [4.69, 9.17) is 4.74 Å². The van der Waals surface area contributed by atoms with Crippen molar-refractivity contribution in [1.29, 1.82) is 0 Å². The highest BCUT2D eigenvalue weighted by Gasteiger charge is 2.19. The molecule has 0 aliphatic rings. The quantitative estimate of drug-likeness (QED) is 0.847. The minimum atomic E-state index is -0.108. The van der Waals surface area contributed by atoms with Crippen molar-refractivity contribution in [3.63, 3.8) is 0 Å². The highest BCUT2D eigenvalue weighted by Crippen LogP contribution is 2.24. The van der Waals surface area contributed by atoms with Crippen molar-refractivity contribution in [2.24, 2.45) is 0 Å². The molecule has 128 valence electrons. The maximum absolute atomic E-state index is 12.8. The fraction of sp³-hybridized carbons (Fsp3) is 0.350. The van der Waals surface area contributed by atoms with E-state index in [1.165, 1.54) is 0 Å². The van der Waals surface area contributed by atoms with Crippen LogP contribution in [-0.2, 0) is 0 Å². The van der Waals surface area contributed by atoms with Gasteiger partial charge in [0.2, 0.25) is 0 Å². The molecule has 0 aliphatic heterocycles. The molecule has 0 bridgehead atoms. The van der Waals surface area contributed by atoms with Gasteiger partial charge >= 0.3 is 0 Å². The molecule has 0 saturated heterocycles. The lowest BCUT2D eigenvalue weighted by Gasteiger charge is -2.22. The lowest BCUT2D eigenvalue weighted by Crippen LogP contribution is -2.31. The first-order valence-corrected chi connectivity index (χ1v) is 8.17. The highest BCUT2D eigenvalue weighted by molar-refractivity contribution is 5.97. The highest BCUT2D eigenvalue weighted by atomic mass is 16.5. The molecule has 1 atom stereocenters. The first-order chi connectivity index (χ1) is 11.5. The molecule has 4 heteroatoms. The Kier molecular flexibility index (Phi) is 6.38. The van der Waals surface area contributed by atoms with E-state index in [1.54, 1.807) is 13.2 Å². The number of hydrogen-bond donors (Lipinski definition) is 1. The Bertz CT molecular complexity index is 669. The molecule has 0 aromatic heterocycles. The van der Waals surface area contributed by atoms with Crippen LogP contribution < -0.4 is 10.1 Å². The summed E-state index contributed by atoms with van der Waals surface area (Å²) in [4.78, 5) is 14.9. The molecule has 2 aromatic rings. The van der Waals surface area contributed by atoms with Crippen molar-refractivity contribution >= 4 is 5.91 Å². The summed E-state index contributed by atoms with van der Waals surface area (Å²) in [5.41, 5.74) is 2.64. The number of amides is 1. The molecule has 0 fully saturated rings. The number of methoxy groups -OCH3 is 1. The van der Waals surface area contributed by atoms with E-state index in [0.717, 1.165) is 24.1 Å². The predicted octanol–water partition coefficient (Wildman–Crippen LogP) is 3.43. The number of carbonyl (C=O) groups is 1. The van der Waals surface area contributed by atoms with E-state index >= 15 is 0 Å². The van der Waals surface area contributed by atoms with Gasteiger partial charge in [-0.05, 0) is 51.2 Å². The zero-order chi connectivity index (χ0) is 17.5. The van der Waals surface area contributed by atoms with Crippen LogP contribution in [0.15, 0.2) is 48.5 Å². The molecule has 0 unspecified atom stereocenters. The van der Waals surface area contributed by atoms with Crippen LogP contribution >= 0.6 is 0 Å². The largest absolute Gasteiger partial charge is 0.496 e. The third-order valence-electron chi connectivity index (χ3n) is 4.03. The molecule has 1 amide bonds. The minimum Gasteiger partial charge on any atom is -0.496 e. The van der Waals surface area contributed by atoms with E-state index in [1.807, 2.05) is 63.5 Å². The van der Waals surface area contributed by atoms with Crippen LogP contribution in [0.1, 0.15) is 33.9 Å². The Morgan fingerprint density at radius 1 is 1.12 bits per heavy atom. The first-order valence-electron chi connectivity index (χ1n) is 8.17. The number of ether oxygens (including phenoxy) is 1. The van der Waals surface area contributed by atoms with Crippen LogP contribution in [-0.4, -0.2) is 38.6 Å². The molecule has 2 aromatic carbocycles. The molecule has 0 heterocycles. The number of hydrogen-bond acceptors (Lipinski definition) is 3. The maximum Gasteiger partial charge on any atom is 0.255 e. The molecule has 0 spiro atoms. The van der Waals surface area contributed by atoms with E-state index in [-0.39, 0.29) is 11.9 Å². The minimum absolute atomic E-state index is 0.0358. The Labute approximate surface area is 144 Å². The Hall–Kier alpha value is -2.33. The van der Waals surface area contributed by atoms with Gasteiger partial charge in [0.05, 0.1) is 18.7 Å². The monoisotopic (exact) mass is 326 g/mol. The summed E-state index contributed by atoms with van der Waals surface area (Å²) in [5, 5.41) is 3.16.